The van der Waals surface area contributed by atoms with E-state index in [4.69, 9.17) is 4.74 Å². The van der Waals surface area contributed by atoms with E-state index in [2.05, 4.69) is 28.3 Å². The minimum atomic E-state index is 0.821. The molecule has 0 bridgehead atoms. The molecule has 0 radical (unpaired) electrons. The van der Waals surface area contributed by atoms with Gasteiger partial charge in [0.2, 0.25) is 0 Å². The van der Waals surface area contributed by atoms with Crippen LogP contribution in [-0.2, 0) is 11.3 Å². The molecule has 0 aliphatic carbocycles. The smallest absolute Gasteiger partial charge is 0.125 e. The number of hydrogen-bond acceptors (Lipinski definition) is 4. The van der Waals surface area contributed by atoms with E-state index in [0.29, 0.717) is 0 Å². The predicted molar refractivity (Wildman–Crippen MR) is 66.6 cm³/mol. The lowest BCUT2D eigenvalue weighted by Crippen LogP contribution is -2.20. The monoisotopic (exact) mass is 223 g/mol. The Bertz CT molecular complexity index is 287. The number of hydrogen-bond donors (Lipinski definition) is 1. The number of aromatic nitrogens is 1. The first kappa shape index (κ1) is 12.9. The first-order valence-electron chi connectivity index (χ1n) is 5.56. The second kappa shape index (κ2) is 7.19. The number of ether oxygens (including phenoxy) is 1. The van der Waals surface area contributed by atoms with Crippen molar-refractivity contribution in [2.24, 2.45) is 0 Å². The third-order valence-electron chi connectivity index (χ3n) is 2.42. The Kier molecular flexibility index (Phi) is 5.82. The van der Waals surface area contributed by atoms with Crippen molar-refractivity contribution in [3.8, 4) is 0 Å². The van der Waals surface area contributed by atoms with Gasteiger partial charge in [0.1, 0.15) is 5.82 Å². The molecule has 1 aromatic heterocycles. The molecule has 1 aromatic rings. The Morgan fingerprint density at radius 1 is 1.44 bits per heavy atom. The van der Waals surface area contributed by atoms with Crippen LogP contribution >= 0.6 is 0 Å². The van der Waals surface area contributed by atoms with Crippen molar-refractivity contribution < 1.29 is 4.74 Å². The third-order valence-corrected chi connectivity index (χ3v) is 2.42. The van der Waals surface area contributed by atoms with Gasteiger partial charge in [0.15, 0.2) is 0 Å². The van der Waals surface area contributed by atoms with Gasteiger partial charge >= 0.3 is 0 Å². The summed E-state index contributed by atoms with van der Waals surface area (Å²) < 4.78 is 5.03. The highest BCUT2D eigenvalue weighted by Crippen LogP contribution is 2.06. The van der Waals surface area contributed by atoms with Gasteiger partial charge in [-0.15, -0.1) is 0 Å². The number of nitrogens with one attached hydrogen (secondary N) is 1. The standard InChI is InChI=1S/C12H21N3O/c1-13-12-6-5-11(9-14-12)10-15(2)7-4-8-16-3/h5-6,9H,4,7-8,10H2,1-3H3,(H,13,14). The van der Waals surface area contributed by atoms with Crippen molar-refractivity contribution in [2.45, 2.75) is 13.0 Å². The van der Waals surface area contributed by atoms with Crippen molar-refractivity contribution in [1.82, 2.24) is 9.88 Å². The van der Waals surface area contributed by atoms with Gasteiger partial charge in [-0.05, 0) is 25.1 Å². The van der Waals surface area contributed by atoms with Crippen LogP contribution in [0.15, 0.2) is 18.3 Å². The van der Waals surface area contributed by atoms with Crippen LogP contribution in [0.5, 0.6) is 0 Å². The SMILES string of the molecule is CNc1ccc(CN(C)CCCOC)cn1. The fraction of sp³-hybridized carbons (Fsp3) is 0.583. The van der Waals surface area contributed by atoms with E-state index in [-0.39, 0.29) is 0 Å². The molecule has 0 aliphatic heterocycles. The lowest BCUT2D eigenvalue weighted by atomic mass is 10.2. The summed E-state index contributed by atoms with van der Waals surface area (Å²) in [5, 5.41) is 3.01. The Labute approximate surface area is 97.6 Å². The van der Waals surface area contributed by atoms with Gasteiger partial charge in [-0.2, -0.15) is 0 Å². The minimum absolute atomic E-state index is 0.821. The molecule has 4 heteroatoms. The quantitative estimate of drug-likeness (QED) is 0.712. The zero-order valence-electron chi connectivity index (χ0n) is 10.4. The van der Waals surface area contributed by atoms with E-state index < -0.39 is 0 Å². The molecule has 0 atom stereocenters. The van der Waals surface area contributed by atoms with Crippen LogP contribution in [-0.4, -0.2) is 44.2 Å². The molecule has 0 fully saturated rings. The number of rotatable bonds is 7. The van der Waals surface area contributed by atoms with Gasteiger partial charge in [0.25, 0.3) is 0 Å². The molecule has 0 spiro atoms. The van der Waals surface area contributed by atoms with Gasteiger partial charge in [0.05, 0.1) is 0 Å². The third kappa shape index (κ3) is 4.59. The fourth-order valence-electron chi connectivity index (χ4n) is 1.54. The highest BCUT2D eigenvalue weighted by Gasteiger charge is 2.00. The molecule has 1 N–H and O–H groups in total. The average molecular weight is 223 g/mol. The molecule has 1 rings (SSSR count). The van der Waals surface area contributed by atoms with Crippen LogP contribution in [0.1, 0.15) is 12.0 Å². The predicted octanol–water partition coefficient (Wildman–Crippen LogP) is 1.59. The summed E-state index contributed by atoms with van der Waals surface area (Å²) in [4.78, 5) is 6.56. The zero-order valence-corrected chi connectivity index (χ0v) is 10.4. The zero-order chi connectivity index (χ0) is 11.8. The summed E-state index contributed by atoms with van der Waals surface area (Å²) in [5.74, 6) is 0.908. The average Bonchev–Trinajstić information content (AvgIpc) is 2.30. The summed E-state index contributed by atoms with van der Waals surface area (Å²) in [6.07, 6.45) is 2.98. The van der Waals surface area contributed by atoms with Crippen LogP contribution in [0.4, 0.5) is 5.82 Å². The molecule has 90 valence electrons. The Hall–Kier alpha value is -1.13. The van der Waals surface area contributed by atoms with Crippen LogP contribution in [0, 0.1) is 0 Å². The van der Waals surface area contributed by atoms with Crippen molar-refractivity contribution in [2.75, 3.05) is 39.7 Å². The molecule has 1 heterocycles. The molecule has 0 aliphatic rings. The lowest BCUT2D eigenvalue weighted by Gasteiger charge is -2.16. The largest absolute Gasteiger partial charge is 0.385 e. The molecular formula is C12H21N3O. The first-order valence-corrected chi connectivity index (χ1v) is 5.56. The van der Waals surface area contributed by atoms with Crippen LogP contribution < -0.4 is 5.32 Å². The molecule has 0 saturated carbocycles. The van der Waals surface area contributed by atoms with Crippen molar-refractivity contribution in [3.05, 3.63) is 23.9 Å². The van der Waals surface area contributed by atoms with Crippen LogP contribution in [0.25, 0.3) is 0 Å². The summed E-state index contributed by atoms with van der Waals surface area (Å²) >= 11 is 0. The molecule has 0 aromatic carbocycles. The Morgan fingerprint density at radius 3 is 2.81 bits per heavy atom. The second-order valence-corrected chi connectivity index (χ2v) is 3.89. The highest BCUT2D eigenvalue weighted by atomic mass is 16.5. The molecule has 0 amide bonds. The maximum absolute atomic E-state index is 5.03. The van der Waals surface area contributed by atoms with Crippen molar-refractivity contribution >= 4 is 5.82 Å². The second-order valence-electron chi connectivity index (χ2n) is 3.89. The van der Waals surface area contributed by atoms with E-state index >= 15 is 0 Å². The van der Waals surface area contributed by atoms with Gasteiger partial charge in [-0.1, -0.05) is 6.07 Å². The van der Waals surface area contributed by atoms with Gasteiger partial charge in [0, 0.05) is 40.1 Å². The normalized spacial score (nSPS) is 10.8. The molecule has 0 saturated heterocycles. The van der Waals surface area contributed by atoms with Crippen LogP contribution in [0.3, 0.4) is 0 Å². The van der Waals surface area contributed by atoms with E-state index in [1.807, 2.05) is 19.3 Å². The maximum atomic E-state index is 5.03. The van der Waals surface area contributed by atoms with E-state index in [1.54, 1.807) is 7.11 Å². The topological polar surface area (TPSA) is 37.4 Å². The molecular weight excluding hydrogens is 202 g/mol. The van der Waals surface area contributed by atoms with Gasteiger partial charge in [-0.25, -0.2) is 4.98 Å². The summed E-state index contributed by atoms with van der Waals surface area (Å²) in [6.45, 7) is 2.80. The fourth-order valence-corrected chi connectivity index (χ4v) is 1.54. The molecule has 4 nitrogen and oxygen atoms in total. The first-order chi connectivity index (χ1) is 7.76. The van der Waals surface area contributed by atoms with E-state index in [9.17, 15) is 0 Å². The molecule has 16 heavy (non-hydrogen) atoms. The van der Waals surface area contributed by atoms with Gasteiger partial charge in [-0.3, -0.25) is 0 Å². The highest BCUT2D eigenvalue weighted by molar-refractivity contribution is 5.34. The van der Waals surface area contributed by atoms with E-state index in [0.717, 1.165) is 31.9 Å². The van der Waals surface area contributed by atoms with Gasteiger partial charge < -0.3 is 15.0 Å². The maximum Gasteiger partial charge on any atom is 0.125 e. The summed E-state index contributed by atoms with van der Waals surface area (Å²) in [6, 6.07) is 4.10. The van der Waals surface area contributed by atoms with Crippen molar-refractivity contribution in [1.29, 1.82) is 0 Å². The van der Waals surface area contributed by atoms with Crippen molar-refractivity contribution in [3.63, 3.8) is 0 Å². The molecule has 0 unspecified atom stereocenters. The number of methoxy groups -OCH3 is 1. The van der Waals surface area contributed by atoms with E-state index in [1.165, 1.54) is 5.56 Å². The summed E-state index contributed by atoms with van der Waals surface area (Å²) in [7, 11) is 5.72. The Morgan fingerprint density at radius 2 is 2.25 bits per heavy atom. The van der Waals surface area contributed by atoms with Crippen LogP contribution in [0.2, 0.25) is 0 Å². The number of pyridine rings is 1. The summed E-state index contributed by atoms with van der Waals surface area (Å²) in [5.41, 5.74) is 1.24. The minimum Gasteiger partial charge on any atom is -0.385 e. The number of nitrogens with zero attached hydrogens (tertiary/aromatic N) is 2. The Balaban J connectivity index is 2.34. The lowest BCUT2D eigenvalue weighted by molar-refractivity contribution is 0.178. The number of anilines is 1.